The van der Waals surface area contributed by atoms with Crippen molar-refractivity contribution >= 4 is 28.8 Å². The molecular formula is C20H21ClF4N6O2. The molecule has 0 aromatic carbocycles. The summed E-state index contributed by atoms with van der Waals surface area (Å²) in [4.78, 5) is 21.0. The summed E-state index contributed by atoms with van der Waals surface area (Å²) in [5.74, 6) is -0.765. The van der Waals surface area contributed by atoms with Crippen LogP contribution in [0.15, 0.2) is 30.7 Å². The lowest BCUT2D eigenvalue weighted by Gasteiger charge is -2.22. The van der Waals surface area contributed by atoms with E-state index in [0.29, 0.717) is 16.4 Å². The Labute approximate surface area is 191 Å². The molecular weight excluding hydrogens is 468 g/mol. The van der Waals surface area contributed by atoms with Gasteiger partial charge in [0.1, 0.15) is 11.9 Å². The van der Waals surface area contributed by atoms with Gasteiger partial charge >= 0.3 is 6.18 Å². The molecule has 0 aliphatic heterocycles. The topological polar surface area (TPSA) is 104 Å². The summed E-state index contributed by atoms with van der Waals surface area (Å²) in [7, 11) is 0. The Balaban J connectivity index is 1.91. The van der Waals surface area contributed by atoms with E-state index in [2.05, 4.69) is 25.7 Å². The Morgan fingerprint density at radius 1 is 1.21 bits per heavy atom. The molecule has 0 spiro atoms. The van der Waals surface area contributed by atoms with E-state index in [0.717, 1.165) is 6.20 Å². The van der Waals surface area contributed by atoms with Crippen LogP contribution in [0.5, 0.6) is 0 Å². The fourth-order valence-electron chi connectivity index (χ4n) is 2.82. The lowest BCUT2D eigenvalue weighted by atomic mass is 10.0. The number of nitrogens with zero attached hydrogens (tertiary/aromatic N) is 4. The number of carbonyl (C=O) groups excluding carboxylic acids is 1. The Morgan fingerprint density at radius 3 is 2.61 bits per heavy atom. The summed E-state index contributed by atoms with van der Waals surface area (Å²) in [6.45, 7) is 1.51. The van der Waals surface area contributed by atoms with Crippen LogP contribution in [0, 0.1) is 0 Å². The van der Waals surface area contributed by atoms with Gasteiger partial charge in [0.25, 0.3) is 5.91 Å². The molecule has 8 nitrogen and oxygen atoms in total. The lowest BCUT2D eigenvalue weighted by Crippen LogP contribution is -2.42. The molecule has 3 N–H and O–H groups in total. The Bertz CT molecular complexity index is 1150. The van der Waals surface area contributed by atoms with E-state index in [9.17, 15) is 27.5 Å². The summed E-state index contributed by atoms with van der Waals surface area (Å²) in [6, 6.07) is 2.95. The molecule has 178 valence electrons. The lowest BCUT2D eigenvalue weighted by molar-refractivity contribution is -0.131. The second kappa shape index (κ2) is 9.48. The number of fused-ring (bicyclic) bond motifs is 1. The third-order valence-corrected chi connectivity index (χ3v) is 4.88. The van der Waals surface area contributed by atoms with E-state index in [1.807, 2.05) is 0 Å². The number of hydrogen-bond donors (Lipinski definition) is 3. The minimum atomic E-state index is -4.40. The zero-order valence-electron chi connectivity index (χ0n) is 17.6. The van der Waals surface area contributed by atoms with E-state index in [1.165, 1.54) is 36.8 Å². The van der Waals surface area contributed by atoms with Crippen LogP contribution < -0.4 is 10.6 Å². The van der Waals surface area contributed by atoms with Crippen molar-refractivity contribution < 1.29 is 27.5 Å². The van der Waals surface area contributed by atoms with Crippen molar-refractivity contribution in [2.75, 3.05) is 18.4 Å². The predicted molar refractivity (Wildman–Crippen MR) is 114 cm³/mol. The van der Waals surface area contributed by atoms with E-state index in [4.69, 9.17) is 11.6 Å². The molecule has 3 heterocycles. The SMILES string of the molecule is CC(C)(O)[C@H](F)CNC(=O)c1cnc(-c2cnc3cc(Cl)cnn23)cc1NCCC(F)(F)F. The third kappa shape index (κ3) is 6.29. The minimum absolute atomic E-state index is 0.0596. The average molecular weight is 489 g/mol. The molecule has 0 saturated carbocycles. The monoisotopic (exact) mass is 488 g/mol. The number of halogens is 5. The summed E-state index contributed by atoms with van der Waals surface area (Å²) in [6.07, 6.45) is -3.28. The molecule has 0 unspecified atom stereocenters. The molecule has 0 radical (unpaired) electrons. The van der Waals surface area contributed by atoms with Crippen LogP contribution >= 0.6 is 11.6 Å². The predicted octanol–water partition coefficient (Wildman–Crippen LogP) is 3.65. The Morgan fingerprint density at radius 2 is 1.94 bits per heavy atom. The highest BCUT2D eigenvalue weighted by Crippen LogP contribution is 2.26. The van der Waals surface area contributed by atoms with E-state index < -0.39 is 43.4 Å². The van der Waals surface area contributed by atoms with Crippen molar-refractivity contribution in [2.24, 2.45) is 0 Å². The van der Waals surface area contributed by atoms with E-state index in [-0.39, 0.29) is 16.9 Å². The average Bonchev–Trinajstić information content (AvgIpc) is 3.13. The maximum atomic E-state index is 14.0. The molecule has 0 aliphatic rings. The fourth-order valence-corrected chi connectivity index (χ4v) is 2.96. The van der Waals surface area contributed by atoms with Crippen molar-refractivity contribution in [2.45, 2.75) is 38.2 Å². The van der Waals surface area contributed by atoms with Crippen LogP contribution in [-0.2, 0) is 0 Å². The number of hydrogen-bond acceptors (Lipinski definition) is 6. The maximum absolute atomic E-state index is 14.0. The zero-order chi connectivity index (χ0) is 24.4. The van der Waals surface area contributed by atoms with Crippen LogP contribution in [0.2, 0.25) is 5.02 Å². The van der Waals surface area contributed by atoms with Gasteiger partial charge in [-0.25, -0.2) is 13.9 Å². The van der Waals surface area contributed by atoms with Crippen molar-refractivity contribution in [3.05, 3.63) is 41.3 Å². The van der Waals surface area contributed by atoms with Gasteiger partial charge < -0.3 is 15.7 Å². The van der Waals surface area contributed by atoms with Crippen molar-refractivity contribution in [1.29, 1.82) is 0 Å². The largest absolute Gasteiger partial charge is 0.390 e. The highest BCUT2D eigenvalue weighted by molar-refractivity contribution is 6.30. The van der Waals surface area contributed by atoms with Crippen molar-refractivity contribution in [3.63, 3.8) is 0 Å². The number of nitrogens with one attached hydrogen (secondary N) is 2. The molecule has 3 aromatic rings. The first-order valence-electron chi connectivity index (χ1n) is 9.80. The first-order valence-corrected chi connectivity index (χ1v) is 10.2. The molecule has 0 saturated heterocycles. The van der Waals surface area contributed by atoms with Gasteiger partial charge in [-0.05, 0) is 19.9 Å². The van der Waals surface area contributed by atoms with Gasteiger partial charge in [0.05, 0.1) is 52.9 Å². The number of rotatable bonds is 8. The number of amides is 1. The molecule has 1 amide bonds. The standard InChI is InChI=1S/C20H21ClF4N6O2/c1-19(2,33)16(22)10-29-18(32)12-8-27-14(6-13(12)26-4-3-20(23,24)25)15-9-28-17-5-11(21)7-30-31(15)17/h5-9,16,33H,3-4,10H2,1-2H3,(H,26,27)(H,29,32)/t16-/m1/s1. The summed E-state index contributed by atoms with van der Waals surface area (Å²) < 4.78 is 53.3. The summed E-state index contributed by atoms with van der Waals surface area (Å²) >= 11 is 5.91. The molecule has 33 heavy (non-hydrogen) atoms. The molecule has 0 aliphatic carbocycles. The number of anilines is 1. The molecule has 0 fully saturated rings. The molecule has 1 atom stereocenters. The zero-order valence-corrected chi connectivity index (χ0v) is 18.4. The second-order valence-electron chi connectivity index (χ2n) is 7.83. The Kier molecular flexibility index (Phi) is 7.08. The number of alkyl halides is 4. The highest BCUT2D eigenvalue weighted by Gasteiger charge is 2.28. The summed E-state index contributed by atoms with van der Waals surface area (Å²) in [5, 5.41) is 19.1. The fraction of sp³-hybridized carbons (Fsp3) is 0.400. The van der Waals surface area contributed by atoms with Crippen LogP contribution in [0.4, 0.5) is 23.2 Å². The van der Waals surface area contributed by atoms with Crippen LogP contribution in [0.1, 0.15) is 30.6 Å². The van der Waals surface area contributed by atoms with Gasteiger partial charge in [0, 0.05) is 18.8 Å². The highest BCUT2D eigenvalue weighted by atomic mass is 35.5. The maximum Gasteiger partial charge on any atom is 0.390 e. The van der Waals surface area contributed by atoms with Gasteiger partial charge in [-0.2, -0.15) is 18.3 Å². The van der Waals surface area contributed by atoms with Gasteiger partial charge in [-0.1, -0.05) is 11.6 Å². The first kappa shape index (κ1) is 24.6. The number of aromatic nitrogens is 4. The number of imidazole rings is 1. The third-order valence-electron chi connectivity index (χ3n) is 4.67. The van der Waals surface area contributed by atoms with Crippen molar-refractivity contribution in [3.8, 4) is 11.4 Å². The van der Waals surface area contributed by atoms with Crippen molar-refractivity contribution in [1.82, 2.24) is 24.9 Å². The van der Waals surface area contributed by atoms with Gasteiger partial charge in [-0.3, -0.25) is 9.78 Å². The van der Waals surface area contributed by atoms with Crippen LogP contribution in [-0.4, -0.2) is 61.6 Å². The number of pyridine rings is 1. The van der Waals surface area contributed by atoms with Gasteiger partial charge in [0.15, 0.2) is 5.65 Å². The minimum Gasteiger partial charge on any atom is -0.387 e. The van der Waals surface area contributed by atoms with Crippen LogP contribution in [0.3, 0.4) is 0 Å². The van der Waals surface area contributed by atoms with Crippen LogP contribution in [0.25, 0.3) is 17.0 Å². The molecule has 3 aromatic heterocycles. The molecule has 3 rings (SSSR count). The van der Waals surface area contributed by atoms with Gasteiger partial charge in [-0.15, -0.1) is 0 Å². The summed E-state index contributed by atoms with van der Waals surface area (Å²) in [5.41, 5.74) is -0.588. The molecule has 13 heteroatoms. The van der Waals surface area contributed by atoms with Gasteiger partial charge in [0.2, 0.25) is 0 Å². The van der Waals surface area contributed by atoms with E-state index in [1.54, 1.807) is 6.07 Å². The first-order chi connectivity index (χ1) is 15.3. The molecule has 0 bridgehead atoms. The smallest absolute Gasteiger partial charge is 0.387 e. The normalized spacial score (nSPS) is 13.2. The quantitative estimate of drug-likeness (QED) is 0.418. The number of aliphatic hydroxyl groups is 1. The second-order valence-corrected chi connectivity index (χ2v) is 8.26. The van der Waals surface area contributed by atoms with E-state index >= 15 is 0 Å². The number of carbonyl (C=O) groups is 1. The Hall–Kier alpha value is -2.99.